The van der Waals surface area contributed by atoms with Crippen molar-refractivity contribution in [3.8, 4) is 0 Å². The highest BCUT2D eigenvalue weighted by atomic mass is 32.2. The van der Waals surface area contributed by atoms with Crippen LogP contribution in [0.25, 0.3) is 0 Å². The molecule has 3 atom stereocenters. The fourth-order valence-electron chi connectivity index (χ4n) is 4.50. The molecular weight excluding hydrogens is 374 g/mol. The van der Waals surface area contributed by atoms with Crippen molar-refractivity contribution in [3.63, 3.8) is 0 Å². The number of Topliss-reactive ketones (excluding diaryl/α,β-unsaturated/α-hetero) is 1. The first kappa shape index (κ1) is 18.9. The summed E-state index contributed by atoms with van der Waals surface area (Å²) in [6.45, 7) is 2.05. The molecule has 146 valence electrons. The molecule has 0 bridgehead atoms. The molecular formula is C22H23NO4S. The van der Waals surface area contributed by atoms with Gasteiger partial charge in [0.25, 0.3) is 10.0 Å². The Morgan fingerprint density at radius 1 is 1.00 bits per heavy atom. The Hall–Kier alpha value is -2.47. The van der Waals surface area contributed by atoms with Crippen molar-refractivity contribution < 1.29 is 18.0 Å². The number of carbonyl (C=O) groups is 2. The maximum Gasteiger partial charge on any atom is 0.266 e. The van der Waals surface area contributed by atoms with Gasteiger partial charge in [0.15, 0.2) is 5.78 Å². The lowest BCUT2D eigenvalue weighted by Gasteiger charge is -2.30. The fourth-order valence-corrected chi connectivity index (χ4v) is 5.98. The Kier molecular flexibility index (Phi) is 4.83. The van der Waals surface area contributed by atoms with E-state index in [-0.39, 0.29) is 23.1 Å². The summed E-state index contributed by atoms with van der Waals surface area (Å²) in [7, 11) is -3.90. The summed E-state index contributed by atoms with van der Waals surface area (Å²) in [4.78, 5) is 26.3. The van der Waals surface area contributed by atoms with E-state index >= 15 is 0 Å². The SMILES string of the molecule is Cc1ccc(S(=O)(=O)N2C[C@H]3CCC[C@@H](C(=O)c4ccccc4)[C@H]3C2=O)cc1. The minimum absolute atomic E-state index is 0.0572. The van der Waals surface area contributed by atoms with Crippen molar-refractivity contribution in [2.24, 2.45) is 17.8 Å². The Morgan fingerprint density at radius 2 is 1.68 bits per heavy atom. The number of carbonyl (C=O) groups excluding carboxylic acids is 2. The monoisotopic (exact) mass is 397 g/mol. The molecule has 28 heavy (non-hydrogen) atoms. The van der Waals surface area contributed by atoms with Gasteiger partial charge in [-0.1, -0.05) is 54.4 Å². The average molecular weight is 397 g/mol. The van der Waals surface area contributed by atoms with Gasteiger partial charge in [-0.05, 0) is 37.8 Å². The van der Waals surface area contributed by atoms with Gasteiger partial charge in [-0.15, -0.1) is 0 Å². The maximum absolute atomic E-state index is 13.2. The van der Waals surface area contributed by atoms with Crippen molar-refractivity contribution in [3.05, 3.63) is 65.7 Å². The lowest BCUT2D eigenvalue weighted by Crippen LogP contribution is -2.38. The molecule has 1 aliphatic heterocycles. The van der Waals surface area contributed by atoms with Crippen molar-refractivity contribution in [2.45, 2.75) is 31.1 Å². The Morgan fingerprint density at radius 3 is 2.36 bits per heavy atom. The van der Waals surface area contributed by atoms with E-state index in [1.165, 1.54) is 12.1 Å². The lowest BCUT2D eigenvalue weighted by atomic mass is 9.71. The molecule has 1 heterocycles. The van der Waals surface area contributed by atoms with Crippen LogP contribution in [0.1, 0.15) is 35.2 Å². The van der Waals surface area contributed by atoms with Crippen LogP contribution in [0.15, 0.2) is 59.5 Å². The number of sulfonamides is 1. The van der Waals surface area contributed by atoms with Crippen LogP contribution in [0.5, 0.6) is 0 Å². The van der Waals surface area contributed by atoms with Crippen LogP contribution in [0.2, 0.25) is 0 Å². The number of rotatable bonds is 4. The van der Waals surface area contributed by atoms with Gasteiger partial charge in [-0.3, -0.25) is 9.59 Å². The number of amides is 1. The quantitative estimate of drug-likeness (QED) is 0.741. The third-order valence-corrected chi connectivity index (χ3v) is 7.74. The summed E-state index contributed by atoms with van der Waals surface area (Å²) in [6.07, 6.45) is 2.23. The second-order valence-electron chi connectivity index (χ2n) is 7.74. The lowest BCUT2D eigenvalue weighted by molar-refractivity contribution is -0.129. The third kappa shape index (κ3) is 3.15. The zero-order chi connectivity index (χ0) is 19.9. The largest absolute Gasteiger partial charge is 0.294 e. The number of aryl methyl sites for hydroxylation is 1. The molecule has 2 aromatic carbocycles. The molecule has 1 saturated heterocycles. The first-order valence-electron chi connectivity index (χ1n) is 9.62. The number of fused-ring (bicyclic) bond motifs is 1. The predicted molar refractivity (Wildman–Crippen MR) is 105 cm³/mol. The standard InChI is InChI=1S/C22H23NO4S/c1-15-10-12-18(13-11-15)28(26,27)23-14-17-8-5-9-19(20(17)22(23)25)21(24)16-6-3-2-4-7-16/h2-4,6-7,10-13,17,19-20H,5,8-9,14H2,1H3/t17-,19-,20+/m1/s1. The summed E-state index contributed by atoms with van der Waals surface area (Å²) in [5.74, 6) is -1.59. The number of ketones is 1. The normalized spacial score (nSPS) is 24.8. The maximum atomic E-state index is 13.2. The summed E-state index contributed by atoms with van der Waals surface area (Å²) in [5, 5.41) is 0. The zero-order valence-corrected chi connectivity index (χ0v) is 16.6. The van der Waals surface area contributed by atoms with Crippen molar-refractivity contribution in [1.82, 2.24) is 4.31 Å². The molecule has 0 unspecified atom stereocenters. The highest BCUT2D eigenvalue weighted by Crippen LogP contribution is 2.43. The molecule has 4 rings (SSSR count). The molecule has 0 radical (unpaired) electrons. The van der Waals surface area contributed by atoms with Crippen molar-refractivity contribution in [2.75, 3.05) is 6.54 Å². The molecule has 0 spiro atoms. The third-order valence-electron chi connectivity index (χ3n) is 5.97. The van der Waals surface area contributed by atoms with Crippen LogP contribution in [0.4, 0.5) is 0 Å². The van der Waals surface area contributed by atoms with Gasteiger partial charge < -0.3 is 0 Å². The van der Waals surface area contributed by atoms with Gasteiger partial charge in [-0.25, -0.2) is 12.7 Å². The molecule has 6 heteroatoms. The number of nitrogens with zero attached hydrogens (tertiary/aromatic N) is 1. The highest BCUT2D eigenvalue weighted by Gasteiger charge is 2.52. The van der Waals surface area contributed by atoms with E-state index in [9.17, 15) is 18.0 Å². The van der Waals surface area contributed by atoms with E-state index in [1.54, 1.807) is 36.4 Å². The molecule has 2 fully saturated rings. The van der Waals surface area contributed by atoms with Crippen LogP contribution in [-0.2, 0) is 14.8 Å². The first-order chi connectivity index (χ1) is 13.4. The van der Waals surface area contributed by atoms with Gasteiger partial charge in [0.1, 0.15) is 0 Å². The fraction of sp³-hybridized carbons (Fsp3) is 0.364. The minimum Gasteiger partial charge on any atom is -0.294 e. The van der Waals surface area contributed by atoms with Crippen LogP contribution in [0, 0.1) is 24.7 Å². The van der Waals surface area contributed by atoms with E-state index in [4.69, 9.17) is 0 Å². The molecule has 1 aliphatic carbocycles. The molecule has 5 nitrogen and oxygen atoms in total. The Labute approximate surface area is 165 Å². The van der Waals surface area contributed by atoms with Gasteiger partial charge in [0.05, 0.1) is 10.8 Å². The second-order valence-corrected chi connectivity index (χ2v) is 9.60. The Bertz CT molecular complexity index is 999. The number of hydrogen-bond acceptors (Lipinski definition) is 4. The number of benzene rings is 2. The van der Waals surface area contributed by atoms with Gasteiger partial charge >= 0.3 is 0 Å². The Balaban J connectivity index is 1.64. The summed E-state index contributed by atoms with van der Waals surface area (Å²) < 4.78 is 27.1. The molecule has 0 N–H and O–H groups in total. The first-order valence-corrected chi connectivity index (χ1v) is 11.1. The smallest absolute Gasteiger partial charge is 0.266 e. The molecule has 2 aliphatic rings. The zero-order valence-electron chi connectivity index (χ0n) is 15.7. The van der Waals surface area contributed by atoms with Crippen molar-refractivity contribution >= 4 is 21.7 Å². The summed E-state index contributed by atoms with van der Waals surface area (Å²) in [6, 6.07) is 15.5. The van der Waals surface area contributed by atoms with E-state index < -0.39 is 27.8 Å². The van der Waals surface area contributed by atoms with Gasteiger partial charge in [0, 0.05) is 18.0 Å². The van der Waals surface area contributed by atoms with Gasteiger partial charge in [-0.2, -0.15) is 0 Å². The van der Waals surface area contributed by atoms with E-state index in [1.807, 2.05) is 13.0 Å². The van der Waals surface area contributed by atoms with Crippen molar-refractivity contribution in [1.29, 1.82) is 0 Å². The van der Waals surface area contributed by atoms with E-state index in [2.05, 4.69) is 0 Å². The molecule has 2 aromatic rings. The van der Waals surface area contributed by atoms with Crippen LogP contribution >= 0.6 is 0 Å². The van der Waals surface area contributed by atoms with E-state index in [0.29, 0.717) is 12.0 Å². The average Bonchev–Trinajstić information content (AvgIpc) is 3.06. The molecule has 1 amide bonds. The highest BCUT2D eigenvalue weighted by molar-refractivity contribution is 7.89. The molecule has 0 aromatic heterocycles. The van der Waals surface area contributed by atoms with Gasteiger partial charge in [0.2, 0.25) is 5.91 Å². The van der Waals surface area contributed by atoms with Crippen LogP contribution < -0.4 is 0 Å². The summed E-state index contributed by atoms with van der Waals surface area (Å²) in [5.41, 5.74) is 1.54. The predicted octanol–water partition coefficient (Wildman–Crippen LogP) is 3.44. The van der Waals surface area contributed by atoms with E-state index in [0.717, 1.165) is 22.7 Å². The second kappa shape index (κ2) is 7.17. The number of hydrogen-bond donors (Lipinski definition) is 0. The molecule has 1 saturated carbocycles. The topological polar surface area (TPSA) is 71.5 Å². The summed E-state index contributed by atoms with van der Waals surface area (Å²) >= 11 is 0. The minimum atomic E-state index is -3.90. The van der Waals surface area contributed by atoms with Crippen LogP contribution in [0.3, 0.4) is 0 Å². The van der Waals surface area contributed by atoms with Crippen LogP contribution in [-0.4, -0.2) is 31.0 Å².